The first-order chi connectivity index (χ1) is 8.61. The highest BCUT2D eigenvalue weighted by atomic mass is 79.9. The molecule has 1 N–H and O–H groups in total. The van der Waals surface area contributed by atoms with E-state index < -0.39 is 6.09 Å². The van der Waals surface area contributed by atoms with Crippen molar-refractivity contribution in [2.45, 2.75) is 0 Å². The van der Waals surface area contributed by atoms with E-state index >= 15 is 0 Å². The summed E-state index contributed by atoms with van der Waals surface area (Å²) in [5.41, 5.74) is 0. The number of amides is 1. The molecule has 0 radical (unpaired) electrons. The van der Waals surface area contributed by atoms with Crippen LogP contribution in [0.1, 0.15) is 0 Å². The van der Waals surface area contributed by atoms with Gasteiger partial charge in [-0.05, 0) is 28.1 Å². The van der Waals surface area contributed by atoms with Crippen molar-refractivity contribution in [2.24, 2.45) is 0 Å². The number of piperazine rings is 1. The van der Waals surface area contributed by atoms with Crippen LogP contribution >= 0.6 is 15.9 Å². The molecule has 1 aromatic heterocycles. The van der Waals surface area contributed by atoms with Gasteiger partial charge in [-0.3, -0.25) is 0 Å². The number of rotatable bonds is 2. The van der Waals surface area contributed by atoms with Crippen molar-refractivity contribution in [3.63, 3.8) is 0 Å². The van der Waals surface area contributed by atoms with Crippen LogP contribution in [-0.2, 0) is 0 Å². The molecule has 1 fully saturated rings. The van der Waals surface area contributed by atoms with Crippen LogP contribution in [0.2, 0.25) is 0 Å². The van der Waals surface area contributed by atoms with Crippen LogP contribution in [0.4, 0.5) is 10.6 Å². The molecule has 2 rings (SSSR count). The monoisotopic (exact) mass is 315 g/mol. The minimum atomic E-state index is -0.865. The minimum Gasteiger partial charge on any atom is -0.480 e. The summed E-state index contributed by atoms with van der Waals surface area (Å²) in [5, 5.41) is 8.88. The van der Waals surface area contributed by atoms with Crippen LogP contribution in [0, 0.1) is 0 Å². The largest absolute Gasteiger partial charge is 0.480 e. The van der Waals surface area contributed by atoms with Gasteiger partial charge in [-0.1, -0.05) is 0 Å². The van der Waals surface area contributed by atoms with Crippen LogP contribution in [0.3, 0.4) is 0 Å². The molecule has 18 heavy (non-hydrogen) atoms. The topological polar surface area (TPSA) is 65.9 Å². The number of carboxylic acid groups (broad SMARTS) is 1. The molecule has 0 bridgehead atoms. The number of anilines is 1. The molecule has 0 saturated carbocycles. The molecule has 6 nitrogen and oxygen atoms in total. The number of methoxy groups -OCH3 is 1. The van der Waals surface area contributed by atoms with Crippen molar-refractivity contribution in [3.8, 4) is 5.88 Å². The molecule has 1 aliphatic rings. The standard InChI is InChI=1S/C11H14BrN3O3/c1-18-10-8(12)2-3-9(13-10)14-4-6-15(7-5-14)11(16)17/h2-3H,4-7H2,1H3,(H,16,17). The number of aromatic nitrogens is 1. The molecule has 0 atom stereocenters. The number of nitrogens with zero attached hydrogens (tertiary/aromatic N) is 3. The molecule has 1 saturated heterocycles. The van der Waals surface area contributed by atoms with Crippen molar-refractivity contribution in [3.05, 3.63) is 16.6 Å². The number of carbonyl (C=O) groups is 1. The van der Waals surface area contributed by atoms with Crippen molar-refractivity contribution in [1.29, 1.82) is 0 Å². The lowest BCUT2D eigenvalue weighted by Gasteiger charge is -2.33. The van der Waals surface area contributed by atoms with E-state index in [1.165, 1.54) is 4.90 Å². The van der Waals surface area contributed by atoms with E-state index in [2.05, 4.69) is 25.8 Å². The van der Waals surface area contributed by atoms with Gasteiger partial charge >= 0.3 is 6.09 Å². The average molecular weight is 316 g/mol. The Bertz CT molecular complexity index is 447. The molecule has 0 aromatic carbocycles. The summed E-state index contributed by atoms with van der Waals surface area (Å²) in [4.78, 5) is 18.6. The van der Waals surface area contributed by atoms with Gasteiger partial charge in [-0.15, -0.1) is 0 Å². The molecule has 1 amide bonds. The normalized spacial score (nSPS) is 15.7. The van der Waals surface area contributed by atoms with Gasteiger partial charge in [0.05, 0.1) is 11.6 Å². The van der Waals surface area contributed by atoms with Crippen molar-refractivity contribution >= 4 is 27.8 Å². The highest BCUT2D eigenvalue weighted by Crippen LogP contribution is 2.26. The Morgan fingerprint density at radius 1 is 1.39 bits per heavy atom. The molecule has 7 heteroatoms. The number of halogens is 1. The van der Waals surface area contributed by atoms with E-state index in [0.29, 0.717) is 32.1 Å². The van der Waals surface area contributed by atoms with Crippen LogP contribution < -0.4 is 9.64 Å². The summed E-state index contributed by atoms with van der Waals surface area (Å²) in [6.45, 7) is 2.28. The van der Waals surface area contributed by atoms with Gasteiger partial charge in [0.15, 0.2) is 0 Å². The minimum absolute atomic E-state index is 0.495. The Morgan fingerprint density at radius 2 is 2.06 bits per heavy atom. The smallest absolute Gasteiger partial charge is 0.407 e. The first-order valence-electron chi connectivity index (χ1n) is 5.55. The Hall–Kier alpha value is -1.50. The highest BCUT2D eigenvalue weighted by molar-refractivity contribution is 9.10. The van der Waals surface area contributed by atoms with E-state index in [4.69, 9.17) is 9.84 Å². The first-order valence-corrected chi connectivity index (χ1v) is 6.34. The summed E-state index contributed by atoms with van der Waals surface area (Å²) < 4.78 is 5.95. The molecule has 0 spiro atoms. The van der Waals surface area contributed by atoms with Crippen molar-refractivity contribution < 1.29 is 14.6 Å². The highest BCUT2D eigenvalue weighted by Gasteiger charge is 2.21. The quantitative estimate of drug-likeness (QED) is 0.899. The fraction of sp³-hybridized carbons (Fsp3) is 0.455. The van der Waals surface area contributed by atoms with Gasteiger partial charge in [-0.2, -0.15) is 4.98 Å². The van der Waals surface area contributed by atoms with E-state index in [1.807, 2.05) is 12.1 Å². The van der Waals surface area contributed by atoms with Gasteiger partial charge in [0, 0.05) is 26.2 Å². The lowest BCUT2D eigenvalue weighted by molar-refractivity contribution is 0.142. The Labute approximate surface area is 113 Å². The second kappa shape index (κ2) is 5.43. The molecule has 2 heterocycles. The SMILES string of the molecule is COc1nc(N2CCN(C(=O)O)CC2)ccc1Br. The molecular formula is C11H14BrN3O3. The number of hydrogen-bond donors (Lipinski definition) is 1. The van der Waals surface area contributed by atoms with Crippen LogP contribution in [0.15, 0.2) is 16.6 Å². The molecule has 98 valence electrons. The Kier molecular flexibility index (Phi) is 3.90. The van der Waals surface area contributed by atoms with E-state index in [0.717, 1.165) is 10.3 Å². The van der Waals surface area contributed by atoms with Crippen LogP contribution in [0.25, 0.3) is 0 Å². The lowest BCUT2D eigenvalue weighted by Crippen LogP contribution is -2.48. The van der Waals surface area contributed by atoms with Crippen molar-refractivity contribution in [2.75, 3.05) is 38.2 Å². The molecule has 1 aromatic rings. The van der Waals surface area contributed by atoms with E-state index in [9.17, 15) is 4.79 Å². The summed E-state index contributed by atoms with van der Waals surface area (Å²) in [7, 11) is 1.57. The van der Waals surface area contributed by atoms with Gasteiger partial charge in [0.25, 0.3) is 0 Å². The number of hydrogen-bond acceptors (Lipinski definition) is 4. The fourth-order valence-corrected chi connectivity index (χ4v) is 2.24. The maximum absolute atomic E-state index is 10.8. The zero-order valence-electron chi connectivity index (χ0n) is 9.97. The maximum Gasteiger partial charge on any atom is 0.407 e. The third-order valence-corrected chi connectivity index (χ3v) is 3.47. The Morgan fingerprint density at radius 3 is 2.61 bits per heavy atom. The van der Waals surface area contributed by atoms with Crippen LogP contribution in [0.5, 0.6) is 5.88 Å². The third-order valence-electron chi connectivity index (χ3n) is 2.87. The summed E-state index contributed by atoms with van der Waals surface area (Å²) in [6.07, 6.45) is -0.865. The van der Waals surface area contributed by atoms with Gasteiger partial charge in [0.2, 0.25) is 5.88 Å². The molecule has 0 unspecified atom stereocenters. The van der Waals surface area contributed by atoms with E-state index in [-0.39, 0.29) is 0 Å². The zero-order valence-corrected chi connectivity index (χ0v) is 11.6. The maximum atomic E-state index is 10.8. The van der Waals surface area contributed by atoms with Gasteiger partial charge < -0.3 is 19.6 Å². The predicted octanol–water partition coefficient (Wildman–Crippen LogP) is 1.65. The number of pyridine rings is 1. The number of ether oxygens (including phenoxy) is 1. The molecule has 0 aliphatic carbocycles. The van der Waals surface area contributed by atoms with Gasteiger partial charge in [0.1, 0.15) is 5.82 Å². The predicted molar refractivity (Wildman–Crippen MR) is 70.3 cm³/mol. The zero-order chi connectivity index (χ0) is 13.1. The second-order valence-electron chi connectivity index (χ2n) is 3.92. The second-order valence-corrected chi connectivity index (χ2v) is 4.77. The fourth-order valence-electron chi connectivity index (χ4n) is 1.86. The van der Waals surface area contributed by atoms with Crippen molar-refractivity contribution in [1.82, 2.24) is 9.88 Å². The third kappa shape index (κ3) is 2.66. The summed E-state index contributed by atoms with van der Waals surface area (Å²) in [5.74, 6) is 1.34. The first kappa shape index (κ1) is 12.9. The van der Waals surface area contributed by atoms with Crippen LogP contribution in [-0.4, -0.2) is 54.4 Å². The summed E-state index contributed by atoms with van der Waals surface area (Å²) in [6, 6.07) is 3.77. The van der Waals surface area contributed by atoms with E-state index in [1.54, 1.807) is 7.11 Å². The average Bonchev–Trinajstić information content (AvgIpc) is 2.39. The Balaban J connectivity index is 2.07. The lowest BCUT2D eigenvalue weighted by atomic mass is 10.3. The van der Waals surface area contributed by atoms with Gasteiger partial charge in [-0.25, -0.2) is 4.79 Å². The molecular weight excluding hydrogens is 302 g/mol. The molecule has 1 aliphatic heterocycles. The summed E-state index contributed by atoms with van der Waals surface area (Å²) >= 11 is 3.35.